The van der Waals surface area contributed by atoms with Crippen LogP contribution in [-0.2, 0) is 30.3 Å². The van der Waals surface area contributed by atoms with Crippen LogP contribution >= 0.6 is 0 Å². The predicted molar refractivity (Wildman–Crippen MR) is 108 cm³/mol. The number of hydrogen-bond donors (Lipinski definition) is 2. The van der Waals surface area contributed by atoms with Crippen molar-refractivity contribution in [2.45, 2.75) is 51.5 Å². The topological polar surface area (TPSA) is 102 Å². The summed E-state index contributed by atoms with van der Waals surface area (Å²) in [5, 5.41) is 5.38. The fourth-order valence-electron chi connectivity index (χ4n) is 3.57. The molecule has 158 valence electrons. The lowest BCUT2D eigenvalue weighted by Gasteiger charge is -2.20. The summed E-state index contributed by atoms with van der Waals surface area (Å²) in [4.78, 5) is 48.9. The van der Waals surface area contributed by atoms with Gasteiger partial charge in [0, 0.05) is 12.3 Å². The third-order valence-electron chi connectivity index (χ3n) is 5.27. The molecule has 1 aliphatic rings. The fraction of sp³-hybridized carbons (Fsp3) is 0.545. The first-order valence-corrected chi connectivity index (χ1v) is 10.1. The van der Waals surface area contributed by atoms with Gasteiger partial charge in [0.25, 0.3) is 0 Å². The molecule has 2 N–H and O–H groups in total. The quantitative estimate of drug-likeness (QED) is 0.581. The minimum atomic E-state index is -0.777. The van der Waals surface area contributed by atoms with E-state index in [1.807, 2.05) is 30.3 Å². The van der Waals surface area contributed by atoms with Crippen LogP contribution in [0.1, 0.15) is 44.6 Å². The number of nitrogens with one attached hydrogen (secondary N) is 2. The monoisotopic (exact) mass is 402 g/mol. The molecule has 29 heavy (non-hydrogen) atoms. The van der Waals surface area contributed by atoms with Gasteiger partial charge in [-0.05, 0) is 24.8 Å². The van der Waals surface area contributed by atoms with Crippen LogP contribution in [0, 0.1) is 11.8 Å². The number of carbonyl (C=O) groups is 4. The van der Waals surface area contributed by atoms with Gasteiger partial charge < -0.3 is 15.4 Å². The van der Waals surface area contributed by atoms with Crippen molar-refractivity contribution >= 4 is 23.6 Å². The van der Waals surface area contributed by atoms with Crippen molar-refractivity contribution in [2.75, 3.05) is 13.7 Å². The zero-order chi connectivity index (χ0) is 21.2. The normalized spacial score (nSPS) is 15.9. The molecule has 1 aromatic rings. The average molecular weight is 402 g/mol. The van der Waals surface area contributed by atoms with Crippen molar-refractivity contribution in [3.05, 3.63) is 35.9 Å². The minimum Gasteiger partial charge on any atom is -0.469 e. The predicted octanol–water partition coefficient (Wildman–Crippen LogP) is 1.79. The Hall–Kier alpha value is -2.70. The first-order chi connectivity index (χ1) is 13.9. The van der Waals surface area contributed by atoms with Crippen molar-refractivity contribution in [3.63, 3.8) is 0 Å². The van der Waals surface area contributed by atoms with Crippen molar-refractivity contribution < 1.29 is 23.9 Å². The van der Waals surface area contributed by atoms with Gasteiger partial charge in [-0.1, -0.05) is 50.1 Å². The number of esters is 1. The van der Waals surface area contributed by atoms with E-state index < -0.39 is 23.8 Å². The number of ether oxygens (including phenoxy) is 1. The first-order valence-electron chi connectivity index (χ1n) is 10.1. The molecule has 0 saturated heterocycles. The molecule has 0 radical (unpaired) electrons. The molecule has 7 heteroatoms. The van der Waals surface area contributed by atoms with Crippen LogP contribution in [0.2, 0.25) is 0 Å². The Morgan fingerprint density at radius 2 is 1.76 bits per heavy atom. The summed E-state index contributed by atoms with van der Waals surface area (Å²) in [6.45, 7) is 1.45. The Morgan fingerprint density at radius 3 is 2.38 bits per heavy atom. The smallest absolute Gasteiger partial charge is 0.308 e. The third kappa shape index (κ3) is 7.33. The van der Waals surface area contributed by atoms with Gasteiger partial charge in [-0.15, -0.1) is 0 Å². The van der Waals surface area contributed by atoms with E-state index in [0.717, 1.165) is 31.2 Å². The van der Waals surface area contributed by atoms with Crippen molar-refractivity contribution in [1.82, 2.24) is 10.6 Å². The molecule has 1 aliphatic carbocycles. The van der Waals surface area contributed by atoms with E-state index >= 15 is 0 Å². The van der Waals surface area contributed by atoms with Crippen LogP contribution in [-0.4, -0.2) is 43.3 Å². The van der Waals surface area contributed by atoms with Crippen molar-refractivity contribution in [3.8, 4) is 0 Å². The lowest BCUT2D eigenvalue weighted by Crippen LogP contribution is -2.47. The molecule has 0 aromatic heterocycles. The number of benzene rings is 1. The van der Waals surface area contributed by atoms with E-state index in [9.17, 15) is 19.2 Å². The van der Waals surface area contributed by atoms with Gasteiger partial charge in [0.1, 0.15) is 0 Å². The van der Waals surface area contributed by atoms with Crippen LogP contribution in [0.15, 0.2) is 30.3 Å². The Balaban J connectivity index is 1.96. The van der Waals surface area contributed by atoms with Gasteiger partial charge in [0.2, 0.25) is 11.8 Å². The number of Topliss-reactive ketones (excluding diaryl/α,β-unsaturated/α-hetero) is 1. The molecule has 2 rings (SSSR count). The summed E-state index contributed by atoms with van der Waals surface area (Å²) in [7, 11) is 1.28. The third-order valence-corrected chi connectivity index (χ3v) is 5.27. The summed E-state index contributed by atoms with van der Waals surface area (Å²) < 4.78 is 4.68. The molecule has 2 atom stereocenters. The van der Waals surface area contributed by atoms with Crippen LogP contribution in [0.3, 0.4) is 0 Å². The Bertz CT molecular complexity index is 713. The van der Waals surface area contributed by atoms with Gasteiger partial charge in [-0.25, -0.2) is 0 Å². The molecule has 1 saturated carbocycles. The molecule has 0 aliphatic heterocycles. The van der Waals surface area contributed by atoms with E-state index in [4.69, 9.17) is 0 Å². The second kappa shape index (κ2) is 11.3. The van der Waals surface area contributed by atoms with Crippen molar-refractivity contribution in [1.29, 1.82) is 0 Å². The number of amides is 2. The number of carbonyl (C=O) groups excluding carboxylic acids is 4. The van der Waals surface area contributed by atoms with E-state index in [-0.39, 0.29) is 30.6 Å². The second-order valence-electron chi connectivity index (χ2n) is 7.60. The number of ketones is 1. The molecule has 7 nitrogen and oxygen atoms in total. The van der Waals surface area contributed by atoms with E-state index in [0.29, 0.717) is 6.42 Å². The zero-order valence-electron chi connectivity index (χ0n) is 17.1. The highest BCUT2D eigenvalue weighted by atomic mass is 16.5. The van der Waals surface area contributed by atoms with Gasteiger partial charge >= 0.3 is 5.97 Å². The maximum atomic E-state index is 12.8. The molecule has 0 spiro atoms. The van der Waals surface area contributed by atoms with Crippen LogP contribution in [0.5, 0.6) is 0 Å². The Labute approximate surface area is 171 Å². The highest BCUT2D eigenvalue weighted by Crippen LogP contribution is 2.24. The average Bonchev–Trinajstić information content (AvgIpc) is 3.26. The molecule has 1 aromatic carbocycles. The van der Waals surface area contributed by atoms with E-state index in [2.05, 4.69) is 15.4 Å². The van der Waals surface area contributed by atoms with E-state index in [1.165, 1.54) is 7.11 Å². The zero-order valence-corrected chi connectivity index (χ0v) is 17.1. The van der Waals surface area contributed by atoms with E-state index in [1.54, 1.807) is 6.92 Å². The summed E-state index contributed by atoms with van der Waals surface area (Å²) in [6.07, 6.45) is 4.07. The molecular formula is C22H30N2O5. The summed E-state index contributed by atoms with van der Waals surface area (Å²) in [6, 6.07) is 8.56. The summed E-state index contributed by atoms with van der Waals surface area (Å²) in [5.41, 5.74) is 0.895. The van der Waals surface area contributed by atoms with Gasteiger partial charge in [0.15, 0.2) is 5.78 Å². The molecule has 0 bridgehead atoms. The standard InChI is InChI=1S/C22H30N2O5/c1-15(22(28)29-2)12-19(25)18(13-16-8-4-3-5-9-16)24-20(26)14-23-21(27)17-10-6-7-11-17/h3-5,8-9,15,17-18H,6-7,10-14H2,1-2H3,(H,23,27)(H,24,26)/t15-,18+/m0/s1. The number of rotatable bonds is 10. The molecule has 0 unspecified atom stereocenters. The SMILES string of the molecule is COC(=O)[C@@H](C)CC(=O)[C@@H](Cc1ccccc1)NC(=O)CNC(=O)C1CCCC1. The Kier molecular flexibility index (Phi) is 8.83. The lowest BCUT2D eigenvalue weighted by molar-refractivity contribution is -0.146. The minimum absolute atomic E-state index is 0.0227. The molecule has 0 heterocycles. The summed E-state index contributed by atoms with van der Waals surface area (Å²) >= 11 is 0. The first kappa shape index (κ1) is 22.6. The maximum Gasteiger partial charge on any atom is 0.308 e. The van der Waals surface area contributed by atoms with Gasteiger partial charge in [0.05, 0.1) is 25.6 Å². The summed E-state index contributed by atoms with van der Waals surface area (Å²) in [5.74, 6) is -1.86. The van der Waals surface area contributed by atoms with Crippen LogP contribution < -0.4 is 10.6 Å². The highest BCUT2D eigenvalue weighted by molar-refractivity contribution is 5.93. The fourth-order valence-corrected chi connectivity index (χ4v) is 3.57. The number of methoxy groups -OCH3 is 1. The highest BCUT2D eigenvalue weighted by Gasteiger charge is 2.27. The van der Waals surface area contributed by atoms with Crippen molar-refractivity contribution in [2.24, 2.45) is 11.8 Å². The van der Waals surface area contributed by atoms with Gasteiger partial charge in [-0.3, -0.25) is 19.2 Å². The largest absolute Gasteiger partial charge is 0.469 e. The lowest BCUT2D eigenvalue weighted by atomic mass is 9.95. The van der Waals surface area contributed by atoms with Crippen LogP contribution in [0.4, 0.5) is 0 Å². The second-order valence-corrected chi connectivity index (χ2v) is 7.60. The Morgan fingerprint density at radius 1 is 1.10 bits per heavy atom. The number of hydrogen-bond acceptors (Lipinski definition) is 5. The molecule has 2 amide bonds. The maximum absolute atomic E-state index is 12.8. The van der Waals surface area contributed by atoms with Gasteiger partial charge in [-0.2, -0.15) is 0 Å². The van der Waals surface area contributed by atoms with Crippen LogP contribution in [0.25, 0.3) is 0 Å². The molecular weight excluding hydrogens is 372 g/mol. The molecule has 1 fully saturated rings.